The lowest BCUT2D eigenvalue weighted by Crippen LogP contribution is -2.51. The van der Waals surface area contributed by atoms with E-state index in [-0.39, 0.29) is 17.6 Å². The normalized spacial score (nSPS) is 15.3. The lowest BCUT2D eigenvalue weighted by Gasteiger charge is -2.38. The molecule has 2 heterocycles. The summed E-state index contributed by atoms with van der Waals surface area (Å²) in [7, 11) is 4.90. The monoisotopic (exact) mass is 451 g/mol. The van der Waals surface area contributed by atoms with Gasteiger partial charge < -0.3 is 19.7 Å². The van der Waals surface area contributed by atoms with E-state index in [0.29, 0.717) is 54.3 Å². The van der Waals surface area contributed by atoms with Gasteiger partial charge in [0.2, 0.25) is 0 Å². The van der Waals surface area contributed by atoms with Crippen molar-refractivity contribution in [1.29, 1.82) is 0 Å². The van der Waals surface area contributed by atoms with Crippen LogP contribution in [0.1, 0.15) is 18.8 Å². The number of anilines is 1. The summed E-state index contributed by atoms with van der Waals surface area (Å²) in [6, 6.07) is 12.4. The number of aromatic nitrogens is 2. The zero-order valence-corrected chi connectivity index (χ0v) is 19.4. The molecule has 0 aliphatic carbocycles. The molecule has 9 nitrogen and oxygen atoms in total. The number of fused-ring (bicyclic) bond motifs is 1. The van der Waals surface area contributed by atoms with Crippen LogP contribution in [0.2, 0.25) is 0 Å². The lowest BCUT2D eigenvalue weighted by atomic mass is 10.2. The molecule has 2 amide bonds. The fourth-order valence-electron chi connectivity index (χ4n) is 4.18. The summed E-state index contributed by atoms with van der Waals surface area (Å²) in [5.74, 6) is 1.92. The van der Waals surface area contributed by atoms with E-state index in [1.165, 1.54) is 0 Å². The first-order valence-electron chi connectivity index (χ1n) is 10.9. The van der Waals surface area contributed by atoms with E-state index in [9.17, 15) is 9.59 Å². The summed E-state index contributed by atoms with van der Waals surface area (Å²) in [6.07, 6.45) is 0. The Morgan fingerprint density at radius 2 is 1.79 bits per heavy atom. The topological polar surface area (TPSA) is 88.9 Å². The van der Waals surface area contributed by atoms with Crippen LogP contribution in [0.15, 0.2) is 47.3 Å². The van der Waals surface area contributed by atoms with Crippen LogP contribution in [0.5, 0.6) is 11.5 Å². The Labute approximate surface area is 192 Å². The van der Waals surface area contributed by atoms with Crippen LogP contribution in [-0.4, -0.2) is 65.8 Å². The number of carbonyl (C=O) groups excluding carboxylic acids is 1. The van der Waals surface area contributed by atoms with Crippen molar-refractivity contribution in [2.45, 2.75) is 13.0 Å². The minimum absolute atomic E-state index is 0.0473. The molecule has 1 atom stereocenters. The first-order chi connectivity index (χ1) is 15.9. The molecular formula is C24H29N5O4. The van der Waals surface area contributed by atoms with Crippen molar-refractivity contribution < 1.29 is 14.3 Å². The van der Waals surface area contributed by atoms with Gasteiger partial charge in [-0.2, -0.15) is 0 Å². The average molecular weight is 452 g/mol. The molecular weight excluding hydrogens is 422 g/mol. The molecule has 33 heavy (non-hydrogen) atoms. The van der Waals surface area contributed by atoms with Gasteiger partial charge in [-0.05, 0) is 31.2 Å². The Kier molecular flexibility index (Phi) is 6.50. The molecule has 0 spiro atoms. The maximum atomic E-state index is 12.8. The minimum Gasteiger partial charge on any atom is -0.497 e. The van der Waals surface area contributed by atoms with Gasteiger partial charge >= 0.3 is 6.03 Å². The SMILES string of the molecule is COc1ccc(NC(=O)N2CCN(C(C)c3nc4ccccc4c(=O)n3C)CC2)c(OC)c1. The Balaban J connectivity index is 1.43. The number of piperazine rings is 1. The number of amides is 2. The molecule has 1 N–H and O–H groups in total. The van der Waals surface area contributed by atoms with Crippen molar-refractivity contribution in [3.05, 3.63) is 58.6 Å². The predicted octanol–water partition coefficient (Wildman–Crippen LogP) is 2.86. The maximum absolute atomic E-state index is 12.8. The summed E-state index contributed by atoms with van der Waals surface area (Å²) < 4.78 is 12.2. The number of urea groups is 1. The van der Waals surface area contributed by atoms with Gasteiger partial charge in [0.05, 0.1) is 36.9 Å². The van der Waals surface area contributed by atoms with Gasteiger partial charge in [0.15, 0.2) is 0 Å². The van der Waals surface area contributed by atoms with Crippen molar-refractivity contribution in [2.75, 3.05) is 45.7 Å². The first kappa shape index (κ1) is 22.6. The molecule has 9 heteroatoms. The van der Waals surface area contributed by atoms with Crippen LogP contribution in [0.25, 0.3) is 10.9 Å². The molecule has 1 saturated heterocycles. The molecule has 1 fully saturated rings. The van der Waals surface area contributed by atoms with Crippen LogP contribution in [0.3, 0.4) is 0 Å². The molecule has 174 valence electrons. The summed E-state index contributed by atoms with van der Waals surface area (Å²) in [6.45, 7) is 4.54. The van der Waals surface area contributed by atoms with Crippen molar-refractivity contribution in [3.8, 4) is 11.5 Å². The van der Waals surface area contributed by atoms with Gasteiger partial charge in [-0.1, -0.05) is 12.1 Å². The third-order valence-electron chi connectivity index (χ3n) is 6.19. The Morgan fingerprint density at radius 3 is 2.48 bits per heavy atom. The second-order valence-corrected chi connectivity index (χ2v) is 8.05. The molecule has 4 rings (SSSR count). The second kappa shape index (κ2) is 9.50. The van der Waals surface area contributed by atoms with Crippen LogP contribution >= 0.6 is 0 Å². The van der Waals surface area contributed by atoms with Crippen LogP contribution < -0.4 is 20.3 Å². The number of hydrogen-bond donors (Lipinski definition) is 1. The minimum atomic E-state index is -0.179. The fraction of sp³-hybridized carbons (Fsp3) is 0.375. The van der Waals surface area contributed by atoms with Gasteiger partial charge in [-0.15, -0.1) is 0 Å². The summed E-state index contributed by atoms with van der Waals surface area (Å²) in [5, 5.41) is 3.54. The quantitative estimate of drug-likeness (QED) is 0.642. The van der Waals surface area contributed by atoms with Gasteiger partial charge in [-0.25, -0.2) is 9.78 Å². The van der Waals surface area contributed by atoms with Crippen LogP contribution in [0.4, 0.5) is 10.5 Å². The average Bonchev–Trinajstić information content (AvgIpc) is 2.86. The molecule has 1 aromatic heterocycles. The van der Waals surface area contributed by atoms with Crippen molar-refractivity contribution in [3.63, 3.8) is 0 Å². The van der Waals surface area contributed by atoms with Gasteiger partial charge in [0.1, 0.15) is 17.3 Å². The third kappa shape index (κ3) is 4.49. The predicted molar refractivity (Wildman–Crippen MR) is 127 cm³/mol. The number of nitrogens with zero attached hydrogens (tertiary/aromatic N) is 4. The number of rotatable bonds is 5. The zero-order chi connectivity index (χ0) is 23.5. The van der Waals surface area contributed by atoms with E-state index in [1.54, 1.807) is 55.0 Å². The van der Waals surface area contributed by atoms with Crippen molar-refractivity contribution in [1.82, 2.24) is 19.4 Å². The maximum Gasteiger partial charge on any atom is 0.322 e. The number of methoxy groups -OCH3 is 2. The van der Waals surface area contributed by atoms with E-state index in [2.05, 4.69) is 17.1 Å². The van der Waals surface area contributed by atoms with Gasteiger partial charge in [0.25, 0.3) is 5.56 Å². The summed E-state index contributed by atoms with van der Waals surface area (Å²) in [5.41, 5.74) is 1.25. The zero-order valence-electron chi connectivity index (χ0n) is 19.4. The van der Waals surface area contributed by atoms with E-state index < -0.39 is 0 Å². The van der Waals surface area contributed by atoms with Crippen molar-refractivity contribution in [2.24, 2.45) is 7.05 Å². The van der Waals surface area contributed by atoms with E-state index in [4.69, 9.17) is 14.5 Å². The Morgan fingerprint density at radius 1 is 1.06 bits per heavy atom. The lowest BCUT2D eigenvalue weighted by molar-refractivity contribution is 0.114. The molecule has 1 unspecified atom stereocenters. The standard InChI is InChI=1S/C24H29N5O4/c1-16(22-25-19-8-6-5-7-18(19)23(30)27(22)2)28-11-13-29(14-12-28)24(31)26-20-10-9-17(32-3)15-21(20)33-4/h5-10,15-16H,11-14H2,1-4H3,(H,26,31). The van der Waals surface area contributed by atoms with E-state index in [1.807, 2.05) is 18.2 Å². The molecule has 1 aliphatic rings. The van der Waals surface area contributed by atoms with Crippen molar-refractivity contribution >= 4 is 22.6 Å². The smallest absolute Gasteiger partial charge is 0.322 e. The largest absolute Gasteiger partial charge is 0.497 e. The molecule has 0 bridgehead atoms. The number of hydrogen-bond acceptors (Lipinski definition) is 6. The number of para-hydroxylation sites is 1. The molecule has 0 radical (unpaired) electrons. The number of nitrogens with one attached hydrogen (secondary N) is 1. The highest BCUT2D eigenvalue weighted by Gasteiger charge is 2.27. The van der Waals surface area contributed by atoms with Gasteiger partial charge in [0, 0.05) is 39.3 Å². The van der Waals surface area contributed by atoms with Gasteiger partial charge in [-0.3, -0.25) is 14.3 Å². The number of carbonyl (C=O) groups is 1. The Bertz CT molecular complexity index is 1220. The molecule has 3 aromatic rings. The highest BCUT2D eigenvalue weighted by Crippen LogP contribution is 2.29. The number of benzene rings is 2. The van der Waals surface area contributed by atoms with E-state index in [0.717, 1.165) is 5.82 Å². The molecule has 0 saturated carbocycles. The summed E-state index contributed by atoms with van der Waals surface area (Å²) >= 11 is 0. The molecule has 2 aromatic carbocycles. The number of ether oxygens (including phenoxy) is 2. The first-order valence-corrected chi connectivity index (χ1v) is 10.9. The summed E-state index contributed by atoms with van der Waals surface area (Å²) in [4.78, 5) is 34.4. The third-order valence-corrected chi connectivity index (χ3v) is 6.19. The highest BCUT2D eigenvalue weighted by atomic mass is 16.5. The fourth-order valence-corrected chi connectivity index (χ4v) is 4.18. The van der Waals surface area contributed by atoms with Crippen LogP contribution in [-0.2, 0) is 7.05 Å². The van der Waals surface area contributed by atoms with E-state index >= 15 is 0 Å². The Hall–Kier alpha value is -3.59. The molecule has 1 aliphatic heterocycles. The second-order valence-electron chi connectivity index (χ2n) is 8.05. The van der Waals surface area contributed by atoms with Crippen LogP contribution in [0, 0.1) is 0 Å². The highest BCUT2D eigenvalue weighted by molar-refractivity contribution is 5.91.